The number of thiophene rings is 1. The number of fused-ring (bicyclic) bond motifs is 1. The summed E-state index contributed by atoms with van der Waals surface area (Å²) < 4.78 is 2.08. The molecule has 0 spiro atoms. The van der Waals surface area contributed by atoms with Crippen LogP contribution in [0.3, 0.4) is 0 Å². The number of aryl methyl sites for hydroxylation is 1. The third-order valence-electron chi connectivity index (χ3n) is 4.40. The first-order chi connectivity index (χ1) is 12.5. The molecule has 3 rings (SSSR count). The highest BCUT2D eigenvalue weighted by atomic mass is 79.9. The maximum absolute atomic E-state index is 13.2. The fourth-order valence-corrected chi connectivity index (χ4v) is 5.22. The number of aromatic nitrogens is 1. The molecule has 1 aromatic carbocycles. The van der Waals surface area contributed by atoms with Crippen LogP contribution in [0.15, 0.2) is 34.1 Å². The number of rotatable bonds is 7. The van der Waals surface area contributed by atoms with Crippen molar-refractivity contribution in [2.75, 3.05) is 31.1 Å². The van der Waals surface area contributed by atoms with Gasteiger partial charge in [0.25, 0.3) is 5.91 Å². The van der Waals surface area contributed by atoms with Crippen LogP contribution in [0.25, 0.3) is 10.2 Å². The molecule has 2 heterocycles. The molecule has 0 atom stereocenters. The molecule has 27 heavy (non-hydrogen) atoms. The van der Waals surface area contributed by atoms with Gasteiger partial charge in [-0.15, -0.1) is 23.7 Å². The molecule has 0 bridgehead atoms. The number of carbonyl (C=O) groups is 1. The number of anilines is 1. The van der Waals surface area contributed by atoms with Crippen LogP contribution in [0.5, 0.6) is 0 Å². The van der Waals surface area contributed by atoms with Crippen LogP contribution in [-0.2, 0) is 0 Å². The molecule has 2 aromatic heterocycles. The molecular formula is C19H23BrClN3OS2. The minimum Gasteiger partial charge on any atom is -0.302 e. The molecule has 4 nitrogen and oxygen atoms in total. The van der Waals surface area contributed by atoms with Crippen LogP contribution in [0.1, 0.15) is 29.1 Å². The van der Waals surface area contributed by atoms with E-state index in [0.29, 0.717) is 6.54 Å². The van der Waals surface area contributed by atoms with E-state index in [1.54, 1.807) is 11.3 Å². The zero-order valence-corrected chi connectivity index (χ0v) is 19.6. The van der Waals surface area contributed by atoms with Gasteiger partial charge >= 0.3 is 0 Å². The van der Waals surface area contributed by atoms with E-state index >= 15 is 0 Å². The van der Waals surface area contributed by atoms with Crippen LogP contribution < -0.4 is 4.90 Å². The number of carbonyl (C=O) groups excluding carboxylic acids is 1. The number of likely N-dealkylation sites (N-methyl/N-ethyl adjacent to an activating group) is 1. The van der Waals surface area contributed by atoms with Crippen molar-refractivity contribution in [1.29, 1.82) is 0 Å². The van der Waals surface area contributed by atoms with Gasteiger partial charge in [-0.25, -0.2) is 4.98 Å². The average molecular weight is 489 g/mol. The predicted molar refractivity (Wildman–Crippen MR) is 123 cm³/mol. The van der Waals surface area contributed by atoms with E-state index in [0.717, 1.165) is 49.2 Å². The van der Waals surface area contributed by atoms with Gasteiger partial charge in [0, 0.05) is 13.1 Å². The molecule has 0 aliphatic heterocycles. The van der Waals surface area contributed by atoms with Gasteiger partial charge in [0.15, 0.2) is 5.13 Å². The van der Waals surface area contributed by atoms with Gasteiger partial charge in [0.1, 0.15) is 0 Å². The summed E-state index contributed by atoms with van der Waals surface area (Å²) in [5.41, 5.74) is 2.13. The standard InChI is InChI=1S/C19H22BrN3OS2.ClH/c1-4-22(5-2)11-12-23(18(24)15-9-10-16(20)25-15)19-21-17-13(3)7-6-8-14(17)26-19;/h6-10H,4-5,11-12H2,1-3H3;1H. The van der Waals surface area contributed by atoms with E-state index in [2.05, 4.69) is 53.7 Å². The van der Waals surface area contributed by atoms with Crippen molar-refractivity contribution < 1.29 is 4.79 Å². The second kappa shape index (κ2) is 9.98. The molecule has 0 fully saturated rings. The summed E-state index contributed by atoms with van der Waals surface area (Å²) in [7, 11) is 0. The number of hydrogen-bond acceptors (Lipinski definition) is 5. The highest BCUT2D eigenvalue weighted by Crippen LogP contribution is 2.32. The lowest BCUT2D eigenvalue weighted by atomic mass is 10.2. The van der Waals surface area contributed by atoms with E-state index < -0.39 is 0 Å². The van der Waals surface area contributed by atoms with Crippen molar-refractivity contribution in [3.05, 3.63) is 44.6 Å². The molecule has 0 unspecified atom stereocenters. The van der Waals surface area contributed by atoms with E-state index in [-0.39, 0.29) is 18.3 Å². The Morgan fingerprint density at radius 1 is 1.11 bits per heavy atom. The Kier molecular flexibility index (Phi) is 8.24. The van der Waals surface area contributed by atoms with Crippen molar-refractivity contribution in [2.45, 2.75) is 20.8 Å². The number of benzene rings is 1. The molecule has 3 aromatic rings. The first kappa shape index (κ1) is 22.3. The van der Waals surface area contributed by atoms with Crippen LogP contribution in [0.4, 0.5) is 5.13 Å². The van der Waals surface area contributed by atoms with Crippen molar-refractivity contribution in [3.8, 4) is 0 Å². The Labute approximate surface area is 182 Å². The fraction of sp³-hybridized carbons (Fsp3) is 0.368. The smallest absolute Gasteiger partial charge is 0.270 e. The minimum absolute atomic E-state index is 0. The number of hydrogen-bond donors (Lipinski definition) is 0. The van der Waals surface area contributed by atoms with E-state index in [1.165, 1.54) is 11.3 Å². The Hall–Kier alpha value is -0.990. The maximum Gasteiger partial charge on any atom is 0.270 e. The average Bonchev–Trinajstić information content (AvgIpc) is 3.25. The third kappa shape index (κ3) is 5.09. The zero-order valence-electron chi connectivity index (χ0n) is 15.6. The molecule has 0 aliphatic rings. The van der Waals surface area contributed by atoms with Crippen molar-refractivity contribution in [2.24, 2.45) is 0 Å². The summed E-state index contributed by atoms with van der Waals surface area (Å²) in [5, 5.41) is 0.774. The van der Waals surface area contributed by atoms with Gasteiger partial charge in [-0.1, -0.05) is 37.3 Å². The van der Waals surface area contributed by atoms with Crippen LogP contribution >= 0.6 is 51.0 Å². The molecule has 146 valence electrons. The molecule has 0 N–H and O–H groups in total. The second-order valence-corrected chi connectivity index (χ2v) is 9.48. The van der Waals surface area contributed by atoms with Crippen molar-refractivity contribution in [3.63, 3.8) is 0 Å². The maximum atomic E-state index is 13.2. The van der Waals surface area contributed by atoms with Crippen molar-refractivity contribution >= 4 is 72.3 Å². The van der Waals surface area contributed by atoms with Gasteiger partial charge in [0.2, 0.25) is 0 Å². The summed E-state index contributed by atoms with van der Waals surface area (Å²) in [6, 6.07) is 9.96. The van der Waals surface area contributed by atoms with Crippen LogP contribution in [-0.4, -0.2) is 42.0 Å². The second-order valence-electron chi connectivity index (χ2n) is 6.01. The summed E-state index contributed by atoms with van der Waals surface area (Å²) in [4.78, 5) is 22.9. The number of amides is 1. The molecule has 0 saturated heterocycles. The SMILES string of the molecule is CCN(CC)CCN(C(=O)c1ccc(Br)s1)c1nc2c(C)cccc2s1.Cl. The lowest BCUT2D eigenvalue weighted by Gasteiger charge is -2.24. The first-order valence-electron chi connectivity index (χ1n) is 8.69. The fourth-order valence-electron chi connectivity index (χ4n) is 2.82. The Bertz CT molecular complexity index is 907. The van der Waals surface area contributed by atoms with Crippen molar-refractivity contribution in [1.82, 2.24) is 9.88 Å². The lowest BCUT2D eigenvalue weighted by molar-refractivity contribution is 0.0987. The molecule has 8 heteroatoms. The Morgan fingerprint density at radius 3 is 2.44 bits per heavy atom. The number of halogens is 2. The summed E-state index contributed by atoms with van der Waals surface area (Å²) in [5.74, 6) is 0.0181. The molecule has 0 radical (unpaired) electrons. The van der Waals surface area contributed by atoms with Crippen LogP contribution in [0.2, 0.25) is 0 Å². The van der Waals surface area contributed by atoms with E-state index in [4.69, 9.17) is 4.98 Å². The van der Waals surface area contributed by atoms with E-state index in [9.17, 15) is 4.79 Å². The highest BCUT2D eigenvalue weighted by molar-refractivity contribution is 9.11. The first-order valence-corrected chi connectivity index (χ1v) is 11.1. The summed E-state index contributed by atoms with van der Waals surface area (Å²) in [6.45, 7) is 9.77. The molecule has 0 saturated carbocycles. The predicted octanol–water partition coefficient (Wildman–Crippen LogP) is 5.84. The molecule has 1 amide bonds. The van der Waals surface area contributed by atoms with E-state index in [1.807, 2.05) is 23.1 Å². The Balaban J connectivity index is 0.00000261. The number of thiazole rings is 1. The van der Waals surface area contributed by atoms with Gasteiger partial charge in [-0.2, -0.15) is 0 Å². The zero-order chi connectivity index (χ0) is 18.7. The topological polar surface area (TPSA) is 36.4 Å². The molecule has 0 aliphatic carbocycles. The van der Waals surface area contributed by atoms with Gasteiger partial charge < -0.3 is 4.90 Å². The number of para-hydroxylation sites is 1. The van der Waals surface area contributed by atoms with Gasteiger partial charge in [-0.05, 0) is 59.7 Å². The Morgan fingerprint density at radius 2 is 1.85 bits per heavy atom. The van der Waals surface area contributed by atoms with Gasteiger partial charge in [-0.3, -0.25) is 9.69 Å². The summed E-state index contributed by atoms with van der Waals surface area (Å²) >= 11 is 6.50. The molecular weight excluding hydrogens is 466 g/mol. The minimum atomic E-state index is 0. The van der Waals surface area contributed by atoms with Crippen LogP contribution in [0, 0.1) is 6.92 Å². The van der Waals surface area contributed by atoms with Gasteiger partial charge in [0.05, 0.1) is 18.9 Å². The quantitative estimate of drug-likeness (QED) is 0.419. The monoisotopic (exact) mass is 487 g/mol. The highest BCUT2D eigenvalue weighted by Gasteiger charge is 2.23. The summed E-state index contributed by atoms with van der Waals surface area (Å²) in [6.07, 6.45) is 0. The third-order valence-corrected chi connectivity index (χ3v) is 7.06. The number of nitrogens with zero attached hydrogens (tertiary/aromatic N) is 3. The largest absolute Gasteiger partial charge is 0.302 e. The normalized spacial score (nSPS) is 11.0. The lowest BCUT2D eigenvalue weighted by Crippen LogP contribution is -2.38.